The molecular weight excluding hydrogens is 194 g/mol. The summed E-state index contributed by atoms with van der Waals surface area (Å²) in [7, 11) is 0. The van der Waals surface area contributed by atoms with Crippen LogP contribution in [-0.4, -0.2) is 6.54 Å². The minimum absolute atomic E-state index is 0.924. The Morgan fingerprint density at radius 1 is 1.00 bits per heavy atom. The second-order valence-electron chi connectivity index (χ2n) is 5.37. The van der Waals surface area contributed by atoms with Gasteiger partial charge in [-0.1, -0.05) is 18.9 Å². The molecule has 1 N–H and O–H groups in total. The minimum Gasteiger partial charge on any atom is -0.385 e. The van der Waals surface area contributed by atoms with Crippen LogP contribution in [0.15, 0.2) is 18.2 Å². The standard InChI is InChI=1S/C15H21N/c1-2-5-12(4-1)11-16-15-9-8-13-6-3-7-14(13)10-15/h8-10,12,16H,1-7,11H2. The van der Waals surface area contributed by atoms with Gasteiger partial charge in [0.2, 0.25) is 0 Å². The van der Waals surface area contributed by atoms with E-state index in [4.69, 9.17) is 0 Å². The first-order chi connectivity index (χ1) is 7.92. The van der Waals surface area contributed by atoms with Gasteiger partial charge in [-0.3, -0.25) is 0 Å². The Kier molecular flexibility index (Phi) is 2.86. The molecule has 0 spiro atoms. The lowest BCUT2D eigenvalue weighted by Gasteiger charge is -2.12. The van der Waals surface area contributed by atoms with Crippen LogP contribution in [0.25, 0.3) is 0 Å². The summed E-state index contributed by atoms with van der Waals surface area (Å²) in [6.07, 6.45) is 9.66. The van der Waals surface area contributed by atoms with Crippen LogP contribution in [-0.2, 0) is 12.8 Å². The van der Waals surface area contributed by atoms with Gasteiger partial charge < -0.3 is 5.32 Å². The first kappa shape index (κ1) is 10.2. The SMILES string of the molecule is c1cc2c(cc1NCC1CCCC1)CCC2. The van der Waals surface area contributed by atoms with Crippen molar-refractivity contribution in [2.75, 3.05) is 11.9 Å². The summed E-state index contributed by atoms with van der Waals surface area (Å²) < 4.78 is 0. The molecule has 2 aliphatic rings. The van der Waals surface area contributed by atoms with Crippen LogP contribution < -0.4 is 5.32 Å². The number of anilines is 1. The topological polar surface area (TPSA) is 12.0 Å². The highest BCUT2D eigenvalue weighted by Gasteiger charge is 2.15. The van der Waals surface area contributed by atoms with Gasteiger partial charge in [0.05, 0.1) is 0 Å². The van der Waals surface area contributed by atoms with Crippen LogP contribution in [0.1, 0.15) is 43.2 Å². The molecule has 0 radical (unpaired) electrons. The molecular formula is C15H21N. The van der Waals surface area contributed by atoms with Crippen molar-refractivity contribution in [2.24, 2.45) is 5.92 Å². The van der Waals surface area contributed by atoms with Crippen molar-refractivity contribution in [2.45, 2.75) is 44.9 Å². The number of benzene rings is 1. The Morgan fingerprint density at radius 2 is 1.81 bits per heavy atom. The van der Waals surface area contributed by atoms with Crippen LogP contribution in [0.2, 0.25) is 0 Å². The molecule has 1 saturated carbocycles. The Labute approximate surface area is 98.3 Å². The van der Waals surface area contributed by atoms with E-state index in [2.05, 4.69) is 23.5 Å². The van der Waals surface area contributed by atoms with Gasteiger partial charge in [-0.05, 0) is 61.3 Å². The lowest BCUT2D eigenvalue weighted by Crippen LogP contribution is -2.10. The molecule has 0 aliphatic heterocycles. The maximum Gasteiger partial charge on any atom is 0.0343 e. The van der Waals surface area contributed by atoms with Gasteiger partial charge in [0.25, 0.3) is 0 Å². The van der Waals surface area contributed by atoms with E-state index in [9.17, 15) is 0 Å². The average molecular weight is 215 g/mol. The molecule has 0 saturated heterocycles. The quantitative estimate of drug-likeness (QED) is 0.809. The number of fused-ring (bicyclic) bond motifs is 1. The zero-order valence-corrected chi connectivity index (χ0v) is 9.97. The predicted molar refractivity (Wildman–Crippen MR) is 68.9 cm³/mol. The third-order valence-electron chi connectivity index (χ3n) is 4.17. The maximum absolute atomic E-state index is 3.62. The molecule has 0 atom stereocenters. The molecule has 0 bridgehead atoms. The Hall–Kier alpha value is -0.980. The van der Waals surface area contributed by atoms with E-state index in [1.54, 1.807) is 11.1 Å². The highest BCUT2D eigenvalue weighted by molar-refractivity contribution is 5.50. The summed E-state index contributed by atoms with van der Waals surface area (Å²) >= 11 is 0. The predicted octanol–water partition coefficient (Wildman–Crippen LogP) is 3.78. The van der Waals surface area contributed by atoms with Crippen molar-refractivity contribution in [3.63, 3.8) is 0 Å². The van der Waals surface area contributed by atoms with Crippen LogP contribution in [0.3, 0.4) is 0 Å². The maximum atomic E-state index is 3.62. The van der Waals surface area contributed by atoms with E-state index in [0.717, 1.165) is 5.92 Å². The largest absolute Gasteiger partial charge is 0.385 e. The molecule has 1 fully saturated rings. The van der Waals surface area contributed by atoms with E-state index in [1.165, 1.54) is 57.2 Å². The smallest absolute Gasteiger partial charge is 0.0343 e. The molecule has 3 rings (SSSR count). The monoisotopic (exact) mass is 215 g/mol. The molecule has 0 amide bonds. The van der Waals surface area contributed by atoms with Crippen LogP contribution in [0.4, 0.5) is 5.69 Å². The highest BCUT2D eigenvalue weighted by atomic mass is 14.9. The second-order valence-corrected chi connectivity index (χ2v) is 5.37. The summed E-state index contributed by atoms with van der Waals surface area (Å²) in [5.74, 6) is 0.924. The zero-order chi connectivity index (χ0) is 10.8. The molecule has 0 aromatic heterocycles. The van der Waals surface area contributed by atoms with Gasteiger partial charge in [-0.25, -0.2) is 0 Å². The normalized spacial score (nSPS) is 20.0. The number of rotatable bonds is 3. The van der Waals surface area contributed by atoms with Crippen LogP contribution in [0.5, 0.6) is 0 Å². The van der Waals surface area contributed by atoms with Crippen molar-refractivity contribution in [3.05, 3.63) is 29.3 Å². The summed E-state index contributed by atoms with van der Waals surface area (Å²) in [6, 6.07) is 6.95. The van der Waals surface area contributed by atoms with Gasteiger partial charge >= 0.3 is 0 Å². The number of aryl methyl sites for hydroxylation is 2. The summed E-state index contributed by atoms with van der Waals surface area (Å²) in [5.41, 5.74) is 4.50. The first-order valence-electron chi connectivity index (χ1n) is 6.77. The van der Waals surface area contributed by atoms with Gasteiger partial charge in [0, 0.05) is 12.2 Å². The Bertz CT molecular complexity index is 364. The molecule has 1 aromatic rings. The lowest BCUT2D eigenvalue weighted by atomic mass is 10.1. The van der Waals surface area contributed by atoms with E-state index < -0.39 is 0 Å². The van der Waals surface area contributed by atoms with Gasteiger partial charge in [0.15, 0.2) is 0 Å². The molecule has 0 unspecified atom stereocenters. The van der Waals surface area contributed by atoms with Gasteiger partial charge in [-0.2, -0.15) is 0 Å². The third kappa shape index (κ3) is 2.09. The van der Waals surface area contributed by atoms with Crippen molar-refractivity contribution >= 4 is 5.69 Å². The number of nitrogens with one attached hydrogen (secondary N) is 1. The molecule has 16 heavy (non-hydrogen) atoms. The first-order valence-corrected chi connectivity index (χ1v) is 6.77. The van der Waals surface area contributed by atoms with Gasteiger partial charge in [-0.15, -0.1) is 0 Å². The fourth-order valence-corrected chi connectivity index (χ4v) is 3.16. The molecule has 1 aromatic carbocycles. The molecule has 2 aliphatic carbocycles. The van der Waals surface area contributed by atoms with Crippen molar-refractivity contribution < 1.29 is 0 Å². The number of hydrogen-bond acceptors (Lipinski definition) is 1. The Morgan fingerprint density at radius 3 is 2.69 bits per heavy atom. The average Bonchev–Trinajstić information content (AvgIpc) is 2.97. The zero-order valence-electron chi connectivity index (χ0n) is 9.97. The highest BCUT2D eigenvalue weighted by Crippen LogP contribution is 2.27. The molecule has 1 nitrogen and oxygen atoms in total. The summed E-state index contributed by atoms with van der Waals surface area (Å²) in [6.45, 7) is 1.18. The van der Waals surface area contributed by atoms with Crippen molar-refractivity contribution in [3.8, 4) is 0 Å². The lowest BCUT2D eigenvalue weighted by molar-refractivity contribution is 0.580. The van der Waals surface area contributed by atoms with E-state index in [0.29, 0.717) is 0 Å². The molecule has 0 heterocycles. The summed E-state index contributed by atoms with van der Waals surface area (Å²) in [4.78, 5) is 0. The summed E-state index contributed by atoms with van der Waals surface area (Å²) in [5, 5.41) is 3.62. The second kappa shape index (κ2) is 4.48. The Balaban J connectivity index is 1.61. The van der Waals surface area contributed by atoms with E-state index in [-0.39, 0.29) is 0 Å². The third-order valence-corrected chi connectivity index (χ3v) is 4.17. The fraction of sp³-hybridized carbons (Fsp3) is 0.600. The number of hydrogen-bond donors (Lipinski definition) is 1. The minimum atomic E-state index is 0.924. The van der Waals surface area contributed by atoms with E-state index in [1.807, 2.05) is 0 Å². The fourth-order valence-electron chi connectivity index (χ4n) is 3.16. The molecule has 1 heteroatoms. The van der Waals surface area contributed by atoms with Crippen LogP contribution in [0, 0.1) is 5.92 Å². The molecule has 86 valence electrons. The van der Waals surface area contributed by atoms with Crippen molar-refractivity contribution in [1.29, 1.82) is 0 Å². The van der Waals surface area contributed by atoms with Crippen molar-refractivity contribution in [1.82, 2.24) is 0 Å². The van der Waals surface area contributed by atoms with Crippen LogP contribution >= 0.6 is 0 Å². The van der Waals surface area contributed by atoms with E-state index >= 15 is 0 Å². The van der Waals surface area contributed by atoms with Gasteiger partial charge in [0.1, 0.15) is 0 Å².